The van der Waals surface area contributed by atoms with Crippen molar-refractivity contribution in [3.8, 4) is 5.75 Å². The predicted molar refractivity (Wildman–Crippen MR) is 75.0 cm³/mol. The van der Waals surface area contributed by atoms with Crippen LogP contribution in [-0.4, -0.2) is 46.6 Å². The quantitative estimate of drug-likeness (QED) is 0.420. The van der Waals surface area contributed by atoms with Gasteiger partial charge in [-0.15, -0.1) is 0 Å². The highest BCUT2D eigenvalue weighted by atomic mass is 16.5. The molecule has 0 fully saturated rings. The Hall–Kier alpha value is -1.79. The zero-order valence-corrected chi connectivity index (χ0v) is 11.9. The number of carbonyl (C=O) groups is 1. The summed E-state index contributed by atoms with van der Waals surface area (Å²) in [5.41, 5.74) is 6.60. The topological polar surface area (TPSA) is 80.0 Å². The SMILES string of the molecule is COCCCOCCOc1ccc(C(=O)OC)cc1N. The lowest BCUT2D eigenvalue weighted by Gasteiger charge is -2.10. The second-order valence-corrected chi connectivity index (χ2v) is 4.05. The second-order valence-electron chi connectivity index (χ2n) is 4.05. The van der Waals surface area contributed by atoms with Crippen LogP contribution in [0.3, 0.4) is 0 Å². The van der Waals surface area contributed by atoms with Crippen molar-refractivity contribution in [2.24, 2.45) is 0 Å². The van der Waals surface area contributed by atoms with Crippen LogP contribution in [-0.2, 0) is 14.2 Å². The molecule has 1 aromatic rings. The number of carbonyl (C=O) groups excluding carboxylic acids is 1. The summed E-state index contributed by atoms with van der Waals surface area (Å²) in [4.78, 5) is 11.3. The molecule has 0 amide bonds. The van der Waals surface area contributed by atoms with Gasteiger partial charge < -0.3 is 24.7 Å². The Balaban J connectivity index is 2.32. The van der Waals surface area contributed by atoms with Crippen LogP contribution in [0.5, 0.6) is 5.75 Å². The van der Waals surface area contributed by atoms with Gasteiger partial charge in [0.25, 0.3) is 0 Å². The molecular weight excluding hydrogens is 262 g/mol. The van der Waals surface area contributed by atoms with Crippen LogP contribution in [0, 0.1) is 0 Å². The van der Waals surface area contributed by atoms with Crippen molar-refractivity contribution in [3.05, 3.63) is 23.8 Å². The Labute approximate surface area is 118 Å². The minimum absolute atomic E-state index is 0.396. The molecule has 6 nitrogen and oxygen atoms in total. The third-order valence-corrected chi connectivity index (χ3v) is 2.55. The van der Waals surface area contributed by atoms with Crippen molar-refractivity contribution in [1.82, 2.24) is 0 Å². The smallest absolute Gasteiger partial charge is 0.337 e. The summed E-state index contributed by atoms with van der Waals surface area (Å²) in [6, 6.07) is 4.78. The molecule has 0 saturated heterocycles. The van der Waals surface area contributed by atoms with Crippen molar-refractivity contribution >= 4 is 11.7 Å². The lowest BCUT2D eigenvalue weighted by Crippen LogP contribution is -2.10. The number of anilines is 1. The molecule has 0 bridgehead atoms. The largest absolute Gasteiger partial charge is 0.489 e. The van der Waals surface area contributed by atoms with E-state index in [-0.39, 0.29) is 0 Å². The third-order valence-electron chi connectivity index (χ3n) is 2.55. The predicted octanol–water partition coefficient (Wildman–Crippen LogP) is 1.49. The van der Waals surface area contributed by atoms with Gasteiger partial charge in [-0.25, -0.2) is 4.79 Å². The summed E-state index contributed by atoms with van der Waals surface area (Å²) in [6.45, 7) is 2.19. The van der Waals surface area contributed by atoms with Crippen LogP contribution in [0.15, 0.2) is 18.2 Å². The molecule has 1 rings (SSSR count). The van der Waals surface area contributed by atoms with E-state index in [2.05, 4.69) is 4.74 Å². The summed E-state index contributed by atoms with van der Waals surface area (Å²) in [6.07, 6.45) is 0.854. The molecule has 112 valence electrons. The van der Waals surface area contributed by atoms with Gasteiger partial charge in [0.05, 0.1) is 25.0 Å². The number of hydrogen-bond donors (Lipinski definition) is 1. The summed E-state index contributed by atoms with van der Waals surface area (Å²) < 4.78 is 20.4. The van der Waals surface area contributed by atoms with Crippen LogP contribution in [0.4, 0.5) is 5.69 Å². The van der Waals surface area contributed by atoms with Crippen molar-refractivity contribution < 1.29 is 23.7 Å². The van der Waals surface area contributed by atoms with Gasteiger partial charge in [0.15, 0.2) is 0 Å². The number of ether oxygens (including phenoxy) is 4. The molecule has 0 spiro atoms. The van der Waals surface area contributed by atoms with Crippen molar-refractivity contribution in [1.29, 1.82) is 0 Å². The average Bonchev–Trinajstić information content (AvgIpc) is 2.46. The second kappa shape index (κ2) is 9.17. The Bertz CT molecular complexity index is 422. The van der Waals surface area contributed by atoms with E-state index in [0.717, 1.165) is 6.42 Å². The first-order valence-corrected chi connectivity index (χ1v) is 6.36. The van der Waals surface area contributed by atoms with E-state index in [0.29, 0.717) is 43.4 Å². The molecule has 0 aliphatic rings. The highest BCUT2D eigenvalue weighted by molar-refractivity contribution is 5.90. The molecule has 0 aliphatic carbocycles. The van der Waals surface area contributed by atoms with Gasteiger partial charge >= 0.3 is 5.97 Å². The van der Waals surface area contributed by atoms with Crippen LogP contribution in [0.2, 0.25) is 0 Å². The van der Waals surface area contributed by atoms with Gasteiger partial charge in [-0.2, -0.15) is 0 Å². The molecule has 0 atom stereocenters. The van der Waals surface area contributed by atoms with Gasteiger partial charge in [-0.05, 0) is 24.6 Å². The van der Waals surface area contributed by atoms with Gasteiger partial charge in [-0.3, -0.25) is 0 Å². The van der Waals surface area contributed by atoms with E-state index in [1.54, 1.807) is 19.2 Å². The summed E-state index contributed by atoms with van der Waals surface area (Å²) in [7, 11) is 2.98. The number of nitrogen functional groups attached to an aromatic ring is 1. The molecule has 0 radical (unpaired) electrons. The fourth-order valence-electron chi connectivity index (χ4n) is 1.54. The van der Waals surface area contributed by atoms with Crippen molar-refractivity contribution in [3.63, 3.8) is 0 Å². The van der Waals surface area contributed by atoms with Gasteiger partial charge in [0.1, 0.15) is 12.4 Å². The fraction of sp³-hybridized carbons (Fsp3) is 0.500. The Morgan fingerprint density at radius 2 is 1.95 bits per heavy atom. The lowest BCUT2D eigenvalue weighted by atomic mass is 10.2. The maximum atomic E-state index is 11.3. The van der Waals surface area contributed by atoms with Crippen LogP contribution in [0.1, 0.15) is 16.8 Å². The standard InChI is InChI=1S/C14H21NO5/c1-17-6-3-7-19-8-9-20-13-5-4-11(10-12(13)15)14(16)18-2/h4-5,10H,3,6-9,15H2,1-2H3. The Morgan fingerprint density at radius 1 is 1.15 bits per heavy atom. The minimum atomic E-state index is -0.426. The summed E-state index contributed by atoms with van der Waals surface area (Å²) in [5.74, 6) is 0.0999. The molecule has 0 unspecified atom stereocenters. The highest BCUT2D eigenvalue weighted by Gasteiger charge is 2.08. The molecule has 1 aromatic carbocycles. The monoisotopic (exact) mass is 283 g/mol. The molecular formula is C14H21NO5. The Morgan fingerprint density at radius 3 is 2.60 bits per heavy atom. The van der Waals surface area contributed by atoms with E-state index in [9.17, 15) is 4.79 Å². The zero-order valence-electron chi connectivity index (χ0n) is 11.9. The Kier molecular flexibility index (Phi) is 7.46. The first-order chi connectivity index (χ1) is 9.69. The van der Waals surface area contributed by atoms with E-state index >= 15 is 0 Å². The average molecular weight is 283 g/mol. The summed E-state index contributed by atoms with van der Waals surface area (Å²) in [5, 5.41) is 0. The molecule has 2 N–H and O–H groups in total. The number of benzene rings is 1. The number of esters is 1. The minimum Gasteiger partial charge on any atom is -0.489 e. The first-order valence-electron chi connectivity index (χ1n) is 6.36. The van der Waals surface area contributed by atoms with E-state index in [1.807, 2.05) is 0 Å². The zero-order chi connectivity index (χ0) is 14.8. The molecule has 6 heteroatoms. The first kappa shape index (κ1) is 16.3. The highest BCUT2D eigenvalue weighted by Crippen LogP contribution is 2.22. The van der Waals surface area contributed by atoms with Crippen LogP contribution in [0.25, 0.3) is 0 Å². The van der Waals surface area contributed by atoms with E-state index in [1.165, 1.54) is 13.2 Å². The normalized spacial score (nSPS) is 10.3. The van der Waals surface area contributed by atoms with Crippen LogP contribution >= 0.6 is 0 Å². The number of hydrogen-bond acceptors (Lipinski definition) is 6. The molecule has 20 heavy (non-hydrogen) atoms. The molecule has 0 aliphatic heterocycles. The van der Waals surface area contributed by atoms with Gasteiger partial charge in [0.2, 0.25) is 0 Å². The molecule has 0 saturated carbocycles. The lowest BCUT2D eigenvalue weighted by molar-refractivity contribution is 0.0600. The molecule has 0 aromatic heterocycles. The fourth-order valence-corrected chi connectivity index (χ4v) is 1.54. The van der Waals surface area contributed by atoms with E-state index in [4.69, 9.17) is 19.9 Å². The van der Waals surface area contributed by atoms with Crippen LogP contribution < -0.4 is 10.5 Å². The number of nitrogens with two attached hydrogens (primary N) is 1. The number of rotatable bonds is 9. The molecule has 0 heterocycles. The van der Waals surface area contributed by atoms with Crippen molar-refractivity contribution in [2.45, 2.75) is 6.42 Å². The maximum absolute atomic E-state index is 11.3. The summed E-state index contributed by atoms with van der Waals surface area (Å²) >= 11 is 0. The van der Waals surface area contributed by atoms with Gasteiger partial charge in [0, 0.05) is 20.3 Å². The van der Waals surface area contributed by atoms with Gasteiger partial charge in [-0.1, -0.05) is 0 Å². The third kappa shape index (κ3) is 5.46. The van der Waals surface area contributed by atoms with Crippen molar-refractivity contribution in [2.75, 3.05) is 46.4 Å². The van der Waals surface area contributed by atoms with E-state index < -0.39 is 5.97 Å². The maximum Gasteiger partial charge on any atom is 0.337 e. The number of methoxy groups -OCH3 is 2.